The molecule has 1 amide bonds. The van der Waals surface area contributed by atoms with Gasteiger partial charge in [-0.2, -0.15) is 0 Å². The molecule has 0 saturated heterocycles. The second kappa shape index (κ2) is 9.59. The summed E-state index contributed by atoms with van der Waals surface area (Å²) in [6, 6.07) is 13.4. The van der Waals surface area contributed by atoms with Crippen LogP contribution in [0.1, 0.15) is 32.3 Å². The Labute approximate surface area is 167 Å². The van der Waals surface area contributed by atoms with Gasteiger partial charge >= 0.3 is 0 Å². The number of nitrogens with one attached hydrogen (secondary N) is 1. The Morgan fingerprint density at radius 2 is 1.71 bits per heavy atom. The van der Waals surface area contributed by atoms with Crippen molar-refractivity contribution in [1.82, 2.24) is 5.32 Å². The molecule has 0 spiro atoms. The summed E-state index contributed by atoms with van der Waals surface area (Å²) in [5, 5.41) is 2.82. The topological polar surface area (TPSA) is 75.7 Å². The van der Waals surface area contributed by atoms with Gasteiger partial charge in [-0.25, -0.2) is 8.42 Å². The molecule has 1 N–H and O–H groups in total. The molecule has 6 nitrogen and oxygen atoms in total. The molecule has 2 aromatic carbocycles. The number of hydrogen-bond donors (Lipinski definition) is 1. The van der Waals surface area contributed by atoms with Crippen LogP contribution in [-0.4, -0.2) is 34.0 Å². The number of carbonyl (C=O) groups excluding carboxylic acids is 1. The number of hydrogen-bond acceptors (Lipinski definition) is 4. The van der Waals surface area contributed by atoms with E-state index < -0.39 is 16.1 Å². The molecule has 2 aromatic rings. The lowest BCUT2D eigenvalue weighted by Gasteiger charge is -2.20. The van der Waals surface area contributed by atoms with Gasteiger partial charge in [-0.1, -0.05) is 31.0 Å². The highest BCUT2D eigenvalue weighted by Crippen LogP contribution is 2.25. The van der Waals surface area contributed by atoms with Crippen LogP contribution in [0.5, 0.6) is 5.75 Å². The van der Waals surface area contributed by atoms with Crippen molar-refractivity contribution in [3.63, 3.8) is 0 Å². The number of aryl methyl sites for hydroxylation is 1. The van der Waals surface area contributed by atoms with Gasteiger partial charge in [0, 0.05) is 13.6 Å². The highest BCUT2D eigenvalue weighted by atomic mass is 32.2. The van der Waals surface area contributed by atoms with Gasteiger partial charge < -0.3 is 10.1 Å². The zero-order valence-corrected chi connectivity index (χ0v) is 17.6. The molecule has 7 heteroatoms. The molecule has 2 rings (SSSR count). The number of nitrogens with zero attached hydrogens (tertiary/aromatic N) is 1. The van der Waals surface area contributed by atoms with Crippen molar-refractivity contribution in [3.8, 4) is 5.75 Å². The monoisotopic (exact) mass is 404 g/mol. The molecule has 0 aliphatic heterocycles. The van der Waals surface area contributed by atoms with E-state index in [4.69, 9.17) is 4.74 Å². The molecule has 0 aliphatic carbocycles. The minimum absolute atomic E-state index is 0.170. The number of unbranched alkanes of at least 4 members (excludes halogenated alkanes) is 1. The standard InChI is InChI=1S/C21H28N2O4S/c1-5-6-15-22-21(24)17(3)27-19-11-9-18(10-12-19)23(4)28(25,26)20-13-7-16(2)8-14-20/h7-14,17H,5-6,15H2,1-4H3,(H,22,24). The molecule has 0 heterocycles. The minimum atomic E-state index is -3.64. The van der Waals surface area contributed by atoms with Crippen LogP contribution in [0, 0.1) is 6.92 Å². The first-order chi connectivity index (χ1) is 13.3. The van der Waals surface area contributed by atoms with Crippen molar-refractivity contribution >= 4 is 21.6 Å². The summed E-state index contributed by atoms with van der Waals surface area (Å²) in [4.78, 5) is 12.2. The fourth-order valence-corrected chi connectivity index (χ4v) is 3.73. The van der Waals surface area contributed by atoms with Crippen LogP contribution >= 0.6 is 0 Å². The SMILES string of the molecule is CCCCNC(=O)C(C)Oc1ccc(N(C)S(=O)(=O)c2ccc(C)cc2)cc1. The van der Waals surface area contributed by atoms with Gasteiger partial charge in [0.1, 0.15) is 5.75 Å². The third kappa shape index (κ3) is 5.48. The van der Waals surface area contributed by atoms with Crippen molar-refractivity contribution < 1.29 is 17.9 Å². The number of anilines is 1. The number of amides is 1. The van der Waals surface area contributed by atoms with Gasteiger partial charge in [0.25, 0.3) is 15.9 Å². The highest BCUT2D eigenvalue weighted by Gasteiger charge is 2.21. The average Bonchev–Trinajstić information content (AvgIpc) is 2.68. The summed E-state index contributed by atoms with van der Waals surface area (Å²) in [6.45, 7) is 6.28. The van der Waals surface area contributed by atoms with Gasteiger partial charge in [-0.05, 0) is 56.7 Å². The van der Waals surface area contributed by atoms with Crippen molar-refractivity contribution in [2.45, 2.75) is 44.6 Å². The zero-order valence-electron chi connectivity index (χ0n) is 16.8. The average molecular weight is 405 g/mol. The van der Waals surface area contributed by atoms with E-state index in [0.29, 0.717) is 18.0 Å². The van der Waals surface area contributed by atoms with E-state index in [1.165, 1.54) is 11.4 Å². The number of benzene rings is 2. The maximum Gasteiger partial charge on any atom is 0.264 e. The maximum absolute atomic E-state index is 12.8. The molecular formula is C21H28N2O4S. The van der Waals surface area contributed by atoms with Crippen LogP contribution in [0.3, 0.4) is 0 Å². The smallest absolute Gasteiger partial charge is 0.264 e. The number of carbonyl (C=O) groups is 1. The Bertz CT molecular complexity index is 878. The van der Waals surface area contributed by atoms with Crippen molar-refractivity contribution in [1.29, 1.82) is 0 Å². The zero-order chi connectivity index (χ0) is 20.7. The van der Waals surface area contributed by atoms with Crippen molar-refractivity contribution in [2.24, 2.45) is 0 Å². The maximum atomic E-state index is 12.8. The first-order valence-corrected chi connectivity index (χ1v) is 10.8. The third-order valence-electron chi connectivity index (χ3n) is 4.39. The third-order valence-corrected chi connectivity index (χ3v) is 6.19. The van der Waals surface area contributed by atoms with Crippen LogP contribution in [0.2, 0.25) is 0 Å². The predicted molar refractivity (Wildman–Crippen MR) is 111 cm³/mol. The molecule has 0 saturated carbocycles. The van der Waals surface area contributed by atoms with Crippen LogP contribution in [0.15, 0.2) is 53.4 Å². The fourth-order valence-electron chi connectivity index (χ4n) is 2.53. The van der Waals surface area contributed by atoms with E-state index in [9.17, 15) is 13.2 Å². The Kier molecular flexibility index (Phi) is 7.45. The lowest BCUT2D eigenvalue weighted by atomic mass is 10.2. The van der Waals surface area contributed by atoms with Crippen LogP contribution in [0.4, 0.5) is 5.69 Å². The van der Waals surface area contributed by atoms with Gasteiger partial charge in [0.05, 0.1) is 10.6 Å². The molecule has 0 aromatic heterocycles. The molecule has 152 valence electrons. The summed E-state index contributed by atoms with van der Waals surface area (Å²) in [5.41, 5.74) is 1.50. The highest BCUT2D eigenvalue weighted by molar-refractivity contribution is 7.92. The first-order valence-electron chi connectivity index (χ1n) is 9.35. The fraction of sp³-hybridized carbons (Fsp3) is 0.381. The number of rotatable bonds is 9. The summed E-state index contributed by atoms with van der Waals surface area (Å²) in [7, 11) is -2.13. The van der Waals surface area contributed by atoms with E-state index in [1.807, 2.05) is 6.92 Å². The van der Waals surface area contributed by atoms with E-state index >= 15 is 0 Å². The lowest BCUT2D eigenvalue weighted by molar-refractivity contribution is -0.127. The molecule has 1 unspecified atom stereocenters. The Morgan fingerprint density at radius 1 is 1.11 bits per heavy atom. The number of sulfonamides is 1. The molecule has 0 radical (unpaired) electrons. The Morgan fingerprint density at radius 3 is 2.29 bits per heavy atom. The molecule has 0 aliphatic rings. The van der Waals surface area contributed by atoms with Crippen molar-refractivity contribution in [3.05, 3.63) is 54.1 Å². The van der Waals surface area contributed by atoms with Gasteiger partial charge in [-0.15, -0.1) is 0 Å². The summed E-state index contributed by atoms with van der Waals surface area (Å²) >= 11 is 0. The normalized spacial score (nSPS) is 12.3. The second-order valence-corrected chi connectivity index (χ2v) is 8.65. The largest absolute Gasteiger partial charge is 0.481 e. The van der Waals surface area contributed by atoms with Crippen LogP contribution in [0.25, 0.3) is 0 Å². The van der Waals surface area contributed by atoms with Gasteiger partial charge in [0.15, 0.2) is 6.10 Å². The van der Waals surface area contributed by atoms with Crippen LogP contribution in [-0.2, 0) is 14.8 Å². The summed E-state index contributed by atoms with van der Waals surface area (Å²) in [6.07, 6.45) is 1.31. The van der Waals surface area contributed by atoms with E-state index in [0.717, 1.165) is 18.4 Å². The second-order valence-electron chi connectivity index (χ2n) is 6.68. The lowest BCUT2D eigenvalue weighted by Crippen LogP contribution is -2.36. The summed E-state index contributed by atoms with van der Waals surface area (Å²) in [5.74, 6) is 0.333. The molecule has 1 atom stereocenters. The van der Waals surface area contributed by atoms with Gasteiger partial charge in [0.2, 0.25) is 0 Å². The van der Waals surface area contributed by atoms with E-state index in [-0.39, 0.29) is 10.8 Å². The molecular weight excluding hydrogens is 376 g/mol. The molecule has 0 bridgehead atoms. The Balaban J connectivity index is 2.05. The summed E-state index contributed by atoms with van der Waals surface area (Å²) < 4.78 is 32.4. The van der Waals surface area contributed by atoms with E-state index in [1.54, 1.807) is 55.5 Å². The molecule has 28 heavy (non-hydrogen) atoms. The van der Waals surface area contributed by atoms with Crippen LogP contribution < -0.4 is 14.4 Å². The minimum Gasteiger partial charge on any atom is -0.481 e. The molecule has 0 fully saturated rings. The van der Waals surface area contributed by atoms with Crippen molar-refractivity contribution in [2.75, 3.05) is 17.9 Å². The Hall–Kier alpha value is -2.54. The first kappa shape index (κ1) is 21.8. The quantitative estimate of drug-likeness (QED) is 0.649. The van der Waals surface area contributed by atoms with Gasteiger partial charge in [-0.3, -0.25) is 9.10 Å². The van der Waals surface area contributed by atoms with E-state index in [2.05, 4.69) is 12.2 Å². The number of ether oxygens (including phenoxy) is 1. The predicted octanol–water partition coefficient (Wildman–Crippen LogP) is 3.50.